The Morgan fingerprint density at radius 1 is 0.867 bits per heavy atom. The Kier molecular flexibility index (Phi) is 5.05. The zero-order valence-electron chi connectivity index (χ0n) is 16.6. The molecule has 1 aromatic heterocycles. The minimum absolute atomic E-state index is 0.0902. The summed E-state index contributed by atoms with van der Waals surface area (Å²) in [4.78, 5) is 12.8. The van der Waals surface area contributed by atoms with Crippen LogP contribution in [0.2, 0.25) is 0 Å². The highest BCUT2D eigenvalue weighted by molar-refractivity contribution is 7.92. The molecule has 0 bridgehead atoms. The lowest BCUT2D eigenvalue weighted by Crippen LogP contribution is -2.15. The van der Waals surface area contributed by atoms with Gasteiger partial charge in [-0.25, -0.2) is 8.42 Å². The molecule has 0 atom stereocenters. The molecule has 0 spiro atoms. The van der Waals surface area contributed by atoms with E-state index in [4.69, 9.17) is 0 Å². The highest BCUT2D eigenvalue weighted by Crippen LogP contribution is 2.25. The van der Waals surface area contributed by atoms with Gasteiger partial charge in [0.15, 0.2) is 0 Å². The van der Waals surface area contributed by atoms with Gasteiger partial charge in [0.1, 0.15) is 0 Å². The van der Waals surface area contributed by atoms with Crippen molar-refractivity contribution in [2.45, 2.75) is 11.8 Å². The molecule has 1 heterocycles. The monoisotopic (exact) mass is 419 g/mol. The molecule has 2 N–H and O–H groups in total. The Hall–Kier alpha value is -3.58. The molecule has 30 heavy (non-hydrogen) atoms. The van der Waals surface area contributed by atoms with E-state index in [2.05, 4.69) is 10.0 Å². The van der Waals surface area contributed by atoms with Crippen LogP contribution in [0.4, 0.5) is 11.4 Å². The number of anilines is 2. The van der Waals surface area contributed by atoms with E-state index in [-0.39, 0.29) is 10.8 Å². The van der Waals surface area contributed by atoms with Crippen molar-refractivity contribution < 1.29 is 13.2 Å². The highest BCUT2D eigenvalue weighted by Gasteiger charge is 2.16. The SMILES string of the molecule is Cc1ccccc1NS(=O)(=O)c1ccc(C(=O)Nc2cccc3c2ccn3C)cc1. The van der Waals surface area contributed by atoms with Crippen LogP contribution in [0, 0.1) is 6.92 Å². The quantitative estimate of drug-likeness (QED) is 0.498. The summed E-state index contributed by atoms with van der Waals surface area (Å²) < 4.78 is 29.9. The molecule has 0 saturated heterocycles. The van der Waals surface area contributed by atoms with E-state index in [1.54, 1.807) is 12.1 Å². The van der Waals surface area contributed by atoms with Crippen LogP contribution >= 0.6 is 0 Å². The van der Waals surface area contributed by atoms with E-state index in [0.717, 1.165) is 16.5 Å². The van der Waals surface area contributed by atoms with E-state index in [1.807, 2.05) is 61.1 Å². The molecule has 1 amide bonds. The van der Waals surface area contributed by atoms with Crippen LogP contribution in [0.3, 0.4) is 0 Å². The molecule has 7 heteroatoms. The molecule has 0 aliphatic heterocycles. The van der Waals surface area contributed by atoms with E-state index in [0.29, 0.717) is 16.9 Å². The van der Waals surface area contributed by atoms with Crippen molar-refractivity contribution in [2.24, 2.45) is 7.05 Å². The van der Waals surface area contributed by atoms with E-state index in [9.17, 15) is 13.2 Å². The van der Waals surface area contributed by atoms with Crippen LogP contribution < -0.4 is 10.0 Å². The number of benzene rings is 3. The van der Waals surface area contributed by atoms with Gasteiger partial charge in [0.2, 0.25) is 0 Å². The first-order valence-corrected chi connectivity index (χ1v) is 10.9. The first kappa shape index (κ1) is 19.7. The summed E-state index contributed by atoms with van der Waals surface area (Å²) in [5.74, 6) is -0.304. The lowest BCUT2D eigenvalue weighted by atomic mass is 10.2. The highest BCUT2D eigenvalue weighted by atomic mass is 32.2. The Bertz CT molecular complexity index is 1340. The van der Waals surface area contributed by atoms with Crippen LogP contribution in [0.25, 0.3) is 10.9 Å². The molecule has 0 saturated carbocycles. The van der Waals surface area contributed by atoms with Gasteiger partial charge in [0.05, 0.1) is 16.3 Å². The zero-order valence-corrected chi connectivity index (χ0v) is 17.4. The van der Waals surface area contributed by atoms with Gasteiger partial charge < -0.3 is 9.88 Å². The number of nitrogens with one attached hydrogen (secondary N) is 2. The van der Waals surface area contributed by atoms with Gasteiger partial charge in [0, 0.05) is 29.7 Å². The van der Waals surface area contributed by atoms with Crippen molar-refractivity contribution >= 4 is 38.2 Å². The number of hydrogen-bond acceptors (Lipinski definition) is 3. The van der Waals surface area contributed by atoms with E-state index >= 15 is 0 Å². The topological polar surface area (TPSA) is 80.2 Å². The lowest BCUT2D eigenvalue weighted by molar-refractivity contribution is 0.102. The van der Waals surface area contributed by atoms with Crippen molar-refractivity contribution in [2.75, 3.05) is 10.0 Å². The van der Waals surface area contributed by atoms with Gasteiger partial charge in [-0.2, -0.15) is 0 Å². The molecule has 4 rings (SSSR count). The third-order valence-corrected chi connectivity index (χ3v) is 6.37. The molecule has 3 aromatic carbocycles. The maximum Gasteiger partial charge on any atom is 0.261 e. The molecule has 4 aromatic rings. The predicted octanol–water partition coefficient (Wildman–Crippen LogP) is 4.54. The minimum Gasteiger partial charge on any atom is -0.350 e. The summed E-state index contributed by atoms with van der Waals surface area (Å²) in [5.41, 5.74) is 3.44. The number of amides is 1. The predicted molar refractivity (Wildman–Crippen MR) is 119 cm³/mol. The number of para-hydroxylation sites is 1. The third-order valence-electron chi connectivity index (χ3n) is 4.99. The first-order valence-electron chi connectivity index (χ1n) is 9.39. The molecule has 0 aliphatic carbocycles. The van der Waals surface area contributed by atoms with Gasteiger partial charge >= 0.3 is 0 Å². The zero-order chi connectivity index (χ0) is 21.3. The van der Waals surface area contributed by atoms with Crippen molar-refractivity contribution in [3.8, 4) is 0 Å². The number of fused-ring (bicyclic) bond motifs is 1. The lowest BCUT2D eigenvalue weighted by Gasteiger charge is -2.11. The number of carbonyl (C=O) groups excluding carboxylic acids is 1. The van der Waals surface area contributed by atoms with Crippen LogP contribution in [0.5, 0.6) is 0 Å². The van der Waals surface area contributed by atoms with Crippen molar-refractivity contribution in [3.63, 3.8) is 0 Å². The first-order chi connectivity index (χ1) is 14.3. The Morgan fingerprint density at radius 2 is 1.57 bits per heavy atom. The Morgan fingerprint density at radius 3 is 2.30 bits per heavy atom. The number of rotatable bonds is 5. The maximum atomic E-state index is 12.7. The largest absolute Gasteiger partial charge is 0.350 e. The third kappa shape index (κ3) is 3.79. The standard InChI is InChI=1S/C23H21N3O3S/c1-16-6-3-4-7-20(16)25-30(28,29)18-12-10-17(11-13-18)23(27)24-21-8-5-9-22-19(21)14-15-26(22)2/h3-15,25H,1-2H3,(H,24,27). The fourth-order valence-corrected chi connectivity index (χ4v) is 4.41. The number of sulfonamides is 1. The van der Waals surface area contributed by atoms with Gasteiger partial charge in [-0.05, 0) is 61.0 Å². The van der Waals surface area contributed by atoms with E-state index in [1.165, 1.54) is 24.3 Å². The number of hydrogen-bond donors (Lipinski definition) is 2. The Labute approximate surface area is 175 Å². The van der Waals surface area contributed by atoms with Gasteiger partial charge in [-0.15, -0.1) is 0 Å². The molecule has 0 fully saturated rings. The van der Waals surface area contributed by atoms with Crippen LogP contribution in [-0.2, 0) is 17.1 Å². The van der Waals surface area contributed by atoms with Gasteiger partial charge in [-0.1, -0.05) is 24.3 Å². The molecular weight excluding hydrogens is 398 g/mol. The van der Waals surface area contributed by atoms with E-state index < -0.39 is 10.0 Å². The normalized spacial score (nSPS) is 11.4. The van der Waals surface area contributed by atoms with Gasteiger partial charge in [0.25, 0.3) is 15.9 Å². The molecule has 0 aliphatic rings. The second kappa shape index (κ2) is 7.68. The van der Waals surface area contributed by atoms with Crippen LogP contribution in [0.15, 0.2) is 83.9 Å². The number of aromatic nitrogens is 1. The number of carbonyl (C=O) groups is 1. The fraction of sp³-hybridized carbons (Fsp3) is 0.0870. The van der Waals surface area contributed by atoms with Crippen LogP contribution in [-0.4, -0.2) is 18.9 Å². The van der Waals surface area contributed by atoms with Gasteiger partial charge in [-0.3, -0.25) is 9.52 Å². The minimum atomic E-state index is -3.75. The second-order valence-electron chi connectivity index (χ2n) is 7.06. The summed E-state index contributed by atoms with van der Waals surface area (Å²) >= 11 is 0. The molecule has 0 unspecified atom stereocenters. The average molecular weight is 420 g/mol. The summed E-state index contributed by atoms with van der Waals surface area (Å²) in [5, 5.41) is 3.84. The number of aryl methyl sites for hydroxylation is 2. The molecular formula is C23H21N3O3S. The maximum absolute atomic E-state index is 12.7. The average Bonchev–Trinajstić information content (AvgIpc) is 3.12. The summed E-state index contributed by atoms with van der Waals surface area (Å²) in [7, 11) is -1.81. The Balaban J connectivity index is 1.54. The van der Waals surface area contributed by atoms with Crippen molar-refractivity contribution in [1.29, 1.82) is 0 Å². The summed E-state index contributed by atoms with van der Waals surface area (Å²) in [6.45, 7) is 1.83. The second-order valence-corrected chi connectivity index (χ2v) is 8.75. The van der Waals surface area contributed by atoms with Crippen molar-refractivity contribution in [3.05, 3.63) is 90.1 Å². The summed E-state index contributed by atoms with van der Waals surface area (Å²) in [6.07, 6.45) is 1.93. The molecule has 6 nitrogen and oxygen atoms in total. The fourth-order valence-electron chi connectivity index (χ4n) is 3.28. The smallest absolute Gasteiger partial charge is 0.261 e. The van der Waals surface area contributed by atoms with Crippen molar-refractivity contribution in [1.82, 2.24) is 4.57 Å². The molecule has 0 radical (unpaired) electrons. The summed E-state index contributed by atoms with van der Waals surface area (Å²) in [6, 6.07) is 20.7. The van der Waals surface area contributed by atoms with Crippen LogP contribution in [0.1, 0.15) is 15.9 Å². The number of nitrogens with zero attached hydrogens (tertiary/aromatic N) is 1. The molecule has 152 valence electrons.